The fraction of sp³-hybridized carbons (Fsp3) is 0.143. The number of hydrogen-bond acceptors (Lipinski definition) is 2. The van der Waals surface area contributed by atoms with Crippen LogP contribution in [-0.4, -0.2) is 19.8 Å². The van der Waals surface area contributed by atoms with Crippen molar-refractivity contribution in [2.75, 3.05) is 6.61 Å². The summed E-state index contributed by atoms with van der Waals surface area (Å²) < 4.78 is 46.5. The molecule has 0 unspecified atom stereocenters. The predicted molar refractivity (Wildman–Crippen MR) is 134 cm³/mol. The smallest absolute Gasteiger partial charge is 0.458 e. The molecule has 0 aliphatic rings. The van der Waals surface area contributed by atoms with Crippen molar-refractivity contribution in [3.63, 3.8) is 0 Å². The third-order valence-electron chi connectivity index (χ3n) is 5.29. The lowest BCUT2D eigenvalue weighted by Crippen LogP contribution is -2.44. The summed E-state index contributed by atoms with van der Waals surface area (Å²) in [5, 5.41) is 0. The molecule has 186 valence electrons. The minimum atomic E-state index is -6.00. The molecule has 0 N–H and O–H groups in total. The Morgan fingerprint density at radius 2 is 1.25 bits per heavy atom. The van der Waals surface area contributed by atoms with Gasteiger partial charge in [0, 0.05) is 24.1 Å². The van der Waals surface area contributed by atoms with Gasteiger partial charge in [-0.15, -0.1) is 0 Å². The second-order valence-corrected chi connectivity index (χ2v) is 7.85. The molecular formula is C28H26BF4NO2. The van der Waals surface area contributed by atoms with Crippen LogP contribution in [0.2, 0.25) is 0 Å². The zero-order chi connectivity index (χ0) is 26.0. The molecule has 0 amide bonds. The van der Waals surface area contributed by atoms with Crippen molar-refractivity contribution in [2.45, 2.75) is 19.9 Å². The Kier molecular flexibility index (Phi) is 9.39. The van der Waals surface area contributed by atoms with Gasteiger partial charge in [-0.05, 0) is 35.7 Å². The normalized spacial score (nSPS) is 10.8. The monoisotopic (exact) mass is 495 g/mol. The fourth-order valence-electron chi connectivity index (χ4n) is 3.77. The van der Waals surface area contributed by atoms with Crippen molar-refractivity contribution in [2.24, 2.45) is 0 Å². The van der Waals surface area contributed by atoms with Gasteiger partial charge in [0.05, 0.1) is 6.61 Å². The summed E-state index contributed by atoms with van der Waals surface area (Å²) >= 11 is 0. The molecule has 0 spiro atoms. The molecule has 1 heterocycles. The van der Waals surface area contributed by atoms with Crippen molar-refractivity contribution in [1.29, 1.82) is 0 Å². The highest BCUT2D eigenvalue weighted by Crippen LogP contribution is 2.25. The highest BCUT2D eigenvalue weighted by Gasteiger charge is 2.27. The highest BCUT2D eigenvalue weighted by atomic mass is 19.5. The Bertz CT molecular complexity index is 1250. The zero-order valence-corrected chi connectivity index (χ0v) is 19.8. The summed E-state index contributed by atoms with van der Waals surface area (Å²) in [6, 6.07) is 34.8. The number of esters is 1. The van der Waals surface area contributed by atoms with Crippen LogP contribution in [0, 0.1) is 0 Å². The highest BCUT2D eigenvalue weighted by molar-refractivity contribution is 6.50. The van der Waals surface area contributed by atoms with E-state index in [9.17, 15) is 22.1 Å². The van der Waals surface area contributed by atoms with Gasteiger partial charge in [-0.3, -0.25) is 0 Å². The summed E-state index contributed by atoms with van der Waals surface area (Å²) in [4.78, 5) is 13.0. The summed E-state index contributed by atoms with van der Waals surface area (Å²) in [6.45, 7) is 2.86. The molecule has 0 aliphatic heterocycles. The molecule has 8 heteroatoms. The molecule has 0 bridgehead atoms. The Labute approximate surface area is 208 Å². The van der Waals surface area contributed by atoms with Crippen LogP contribution >= 0.6 is 0 Å². The molecule has 0 atom stereocenters. The number of carbonyl (C=O) groups excluding carboxylic acids is 1. The van der Waals surface area contributed by atoms with Gasteiger partial charge in [0.15, 0.2) is 6.54 Å². The van der Waals surface area contributed by atoms with Crippen LogP contribution in [0.4, 0.5) is 17.3 Å². The summed E-state index contributed by atoms with van der Waals surface area (Å²) in [6.07, 6.45) is 0.822. The topological polar surface area (TPSA) is 30.2 Å². The number of carbonyl (C=O) groups is 1. The Hall–Kier alpha value is -3.94. The predicted octanol–water partition coefficient (Wildman–Crippen LogP) is 7.03. The molecule has 4 aromatic rings. The number of rotatable bonds is 7. The van der Waals surface area contributed by atoms with Gasteiger partial charge in [-0.25, -0.2) is 4.79 Å². The lowest BCUT2D eigenvalue weighted by Gasteiger charge is -2.12. The second-order valence-electron chi connectivity index (χ2n) is 7.85. The van der Waals surface area contributed by atoms with Crippen LogP contribution in [0.1, 0.15) is 23.0 Å². The maximum atomic E-state index is 13.0. The van der Waals surface area contributed by atoms with E-state index in [4.69, 9.17) is 4.74 Å². The number of aryl methyl sites for hydroxylation is 1. The largest absolute Gasteiger partial charge is 0.673 e. The molecule has 1 aromatic heterocycles. The van der Waals surface area contributed by atoms with Crippen molar-refractivity contribution in [3.05, 3.63) is 114 Å². The van der Waals surface area contributed by atoms with Crippen LogP contribution in [0.5, 0.6) is 0 Å². The molecule has 0 aliphatic carbocycles. The molecule has 36 heavy (non-hydrogen) atoms. The van der Waals surface area contributed by atoms with Crippen molar-refractivity contribution in [3.8, 4) is 22.4 Å². The number of aromatic nitrogens is 1. The number of halogens is 4. The molecule has 0 saturated heterocycles. The molecule has 0 fully saturated rings. The van der Waals surface area contributed by atoms with Gasteiger partial charge in [0.25, 0.3) is 5.69 Å². The second kappa shape index (κ2) is 12.7. The quantitative estimate of drug-likeness (QED) is 0.119. The first-order valence-electron chi connectivity index (χ1n) is 11.5. The molecule has 3 nitrogen and oxygen atoms in total. The number of nitrogens with zero attached hydrogens (tertiary/aromatic N) is 1. The molecule has 3 aromatic carbocycles. The van der Waals surface area contributed by atoms with Gasteiger partial charge >= 0.3 is 13.2 Å². The van der Waals surface area contributed by atoms with Crippen LogP contribution < -0.4 is 4.57 Å². The maximum Gasteiger partial charge on any atom is 0.673 e. The first kappa shape index (κ1) is 26.7. The lowest BCUT2D eigenvalue weighted by atomic mass is 10.0. The van der Waals surface area contributed by atoms with E-state index in [0.717, 1.165) is 28.8 Å². The number of benzene rings is 3. The van der Waals surface area contributed by atoms with E-state index in [2.05, 4.69) is 47.0 Å². The van der Waals surface area contributed by atoms with Gasteiger partial charge in [-0.2, -0.15) is 4.57 Å². The van der Waals surface area contributed by atoms with Crippen molar-refractivity contribution in [1.82, 2.24) is 0 Å². The number of ether oxygens (including phenoxy) is 1. The maximum absolute atomic E-state index is 13.0. The lowest BCUT2D eigenvalue weighted by molar-refractivity contribution is -0.688. The SMILES string of the molecule is CCOC(=O)c1cc(-c2ccccc2)cc(-c2ccccc2)[n+]1CCc1ccccc1.F[B-](F)(F)F. The summed E-state index contributed by atoms with van der Waals surface area (Å²) in [5.41, 5.74) is 5.94. The van der Waals surface area contributed by atoms with E-state index < -0.39 is 7.25 Å². The molecular weight excluding hydrogens is 469 g/mol. The van der Waals surface area contributed by atoms with Gasteiger partial charge < -0.3 is 22.0 Å². The van der Waals surface area contributed by atoms with Crippen LogP contribution in [0.15, 0.2) is 103 Å². The summed E-state index contributed by atoms with van der Waals surface area (Å²) in [5.74, 6) is -0.300. The fourth-order valence-corrected chi connectivity index (χ4v) is 3.77. The van der Waals surface area contributed by atoms with E-state index in [1.165, 1.54) is 5.56 Å². The zero-order valence-electron chi connectivity index (χ0n) is 19.8. The number of hydrogen-bond donors (Lipinski definition) is 0. The average molecular weight is 495 g/mol. The Balaban J connectivity index is 0.000000658. The van der Waals surface area contributed by atoms with Crippen molar-refractivity contribution >= 4 is 13.2 Å². The van der Waals surface area contributed by atoms with Crippen LogP contribution in [0.3, 0.4) is 0 Å². The van der Waals surface area contributed by atoms with Crippen LogP contribution in [-0.2, 0) is 17.7 Å². The van der Waals surface area contributed by atoms with Gasteiger partial charge in [0.2, 0.25) is 5.69 Å². The standard InChI is InChI=1S/C28H26NO2.BF4/c1-2-31-28(30)27-21-25(23-14-8-4-9-15-23)20-26(24-16-10-5-11-17-24)29(27)19-18-22-12-6-3-7-13-22;2-1(3,4)5/h3-17,20-21H,2,18-19H2,1H3;/q+1;-1. The van der Waals surface area contributed by atoms with Crippen molar-refractivity contribution < 1.29 is 31.4 Å². The van der Waals surface area contributed by atoms with Crippen LogP contribution in [0.25, 0.3) is 22.4 Å². The minimum absolute atomic E-state index is 0.300. The van der Waals surface area contributed by atoms with E-state index in [0.29, 0.717) is 18.8 Å². The first-order chi connectivity index (χ1) is 17.3. The third kappa shape index (κ3) is 8.08. The molecule has 0 saturated carbocycles. The van der Waals surface area contributed by atoms with Gasteiger partial charge in [0.1, 0.15) is 0 Å². The Morgan fingerprint density at radius 3 is 1.78 bits per heavy atom. The number of pyridine rings is 1. The molecule has 4 rings (SSSR count). The van der Waals surface area contributed by atoms with E-state index in [1.807, 2.05) is 67.6 Å². The van der Waals surface area contributed by atoms with E-state index >= 15 is 0 Å². The van der Waals surface area contributed by atoms with E-state index in [1.54, 1.807) is 0 Å². The minimum Gasteiger partial charge on any atom is -0.458 e. The van der Waals surface area contributed by atoms with Gasteiger partial charge in [-0.1, -0.05) is 78.9 Å². The average Bonchev–Trinajstić information content (AvgIpc) is 2.88. The Morgan fingerprint density at radius 1 is 0.750 bits per heavy atom. The van der Waals surface area contributed by atoms with E-state index in [-0.39, 0.29) is 5.97 Å². The summed E-state index contributed by atoms with van der Waals surface area (Å²) in [7, 11) is -6.00. The third-order valence-corrected chi connectivity index (χ3v) is 5.29. The first-order valence-corrected chi connectivity index (χ1v) is 11.5. The molecule has 0 radical (unpaired) electrons.